The van der Waals surface area contributed by atoms with E-state index in [1.165, 1.54) is 0 Å². The van der Waals surface area contributed by atoms with E-state index in [9.17, 15) is 4.79 Å². The van der Waals surface area contributed by atoms with Gasteiger partial charge in [0.25, 0.3) is 0 Å². The average molecular weight is 368 g/mol. The van der Waals surface area contributed by atoms with Gasteiger partial charge in [-0.2, -0.15) is 0 Å². The molecule has 26 heavy (non-hydrogen) atoms. The van der Waals surface area contributed by atoms with Crippen molar-refractivity contribution in [3.8, 4) is 0 Å². The molecule has 1 aromatic heterocycles. The number of carbonyl (C=O) groups excluding carboxylic acids is 1. The molecule has 2 atom stereocenters. The van der Waals surface area contributed by atoms with Gasteiger partial charge < -0.3 is 4.90 Å². The normalized spacial score (nSPS) is 26.0. The van der Waals surface area contributed by atoms with Crippen LogP contribution in [0.5, 0.6) is 0 Å². The lowest BCUT2D eigenvalue weighted by molar-refractivity contribution is -0.141. The van der Waals surface area contributed by atoms with Crippen LogP contribution in [0.4, 0.5) is 0 Å². The molecule has 1 saturated heterocycles. The van der Waals surface area contributed by atoms with Crippen molar-refractivity contribution >= 4 is 17.5 Å². The van der Waals surface area contributed by atoms with Gasteiger partial charge in [0, 0.05) is 29.2 Å². The van der Waals surface area contributed by atoms with E-state index in [2.05, 4.69) is 27.0 Å². The van der Waals surface area contributed by atoms with Gasteiger partial charge in [-0.25, -0.2) is 9.97 Å². The lowest BCUT2D eigenvalue weighted by atomic mass is 9.76. The zero-order valence-corrected chi connectivity index (χ0v) is 15.5. The van der Waals surface area contributed by atoms with E-state index in [-0.39, 0.29) is 12.1 Å². The first-order valence-electron chi connectivity index (χ1n) is 9.57. The van der Waals surface area contributed by atoms with Gasteiger partial charge in [-0.1, -0.05) is 36.6 Å². The second kappa shape index (κ2) is 6.05. The van der Waals surface area contributed by atoms with Gasteiger partial charge in [0.15, 0.2) is 0 Å². The highest BCUT2D eigenvalue weighted by Gasteiger charge is 2.51. The molecule has 1 aliphatic carbocycles. The Morgan fingerprint density at radius 1 is 1.15 bits per heavy atom. The molecule has 2 fully saturated rings. The molecule has 1 aromatic carbocycles. The van der Waals surface area contributed by atoms with Crippen molar-refractivity contribution in [2.45, 2.75) is 62.4 Å². The number of aromatic nitrogens is 2. The molecule has 2 aliphatic heterocycles. The highest BCUT2D eigenvalue weighted by atomic mass is 35.5. The standard InChI is InChI=1S/C21H22ClN3O/c22-15-5-3-14(4-6-15)21(9-1-2-10-21)20(26)25-16-7-8-19(25)17-12-23-13-24-18(17)11-16/h3-6,12-13,16,19H,1-2,7-11H2/t16-,19-/m0/s1. The summed E-state index contributed by atoms with van der Waals surface area (Å²) in [5, 5.41) is 0.721. The van der Waals surface area contributed by atoms with Gasteiger partial charge in [-0.15, -0.1) is 0 Å². The van der Waals surface area contributed by atoms with E-state index in [0.29, 0.717) is 5.91 Å². The first kappa shape index (κ1) is 16.2. The van der Waals surface area contributed by atoms with E-state index in [1.54, 1.807) is 6.33 Å². The predicted octanol–water partition coefficient (Wildman–Crippen LogP) is 4.23. The number of benzene rings is 1. The SMILES string of the molecule is O=C(N1[C@H]2CC[C@H]1c1cncnc1C2)C1(c2ccc(Cl)cc2)CCCC1. The second-order valence-corrected chi connectivity index (χ2v) is 8.32. The molecule has 1 amide bonds. The van der Waals surface area contributed by atoms with Gasteiger partial charge in [0.1, 0.15) is 6.33 Å². The van der Waals surface area contributed by atoms with E-state index in [0.717, 1.165) is 66.8 Å². The van der Waals surface area contributed by atoms with Crippen molar-refractivity contribution in [2.24, 2.45) is 0 Å². The number of fused-ring (bicyclic) bond motifs is 4. The third-order valence-electron chi connectivity index (χ3n) is 6.62. The summed E-state index contributed by atoms with van der Waals surface area (Å²) in [5.41, 5.74) is 3.01. The van der Waals surface area contributed by atoms with Gasteiger partial charge >= 0.3 is 0 Å². The lowest BCUT2D eigenvalue weighted by Crippen LogP contribution is -2.50. The van der Waals surface area contributed by atoms with Crippen LogP contribution in [0.2, 0.25) is 5.02 Å². The molecule has 5 rings (SSSR count). The van der Waals surface area contributed by atoms with Crippen molar-refractivity contribution in [2.75, 3.05) is 0 Å². The van der Waals surface area contributed by atoms with Crippen LogP contribution < -0.4 is 0 Å². The van der Waals surface area contributed by atoms with Crippen LogP contribution in [0.3, 0.4) is 0 Å². The first-order chi connectivity index (χ1) is 12.7. The molecule has 0 radical (unpaired) electrons. The minimum atomic E-state index is -0.390. The summed E-state index contributed by atoms with van der Waals surface area (Å²) in [6.07, 6.45) is 10.6. The maximum absolute atomic E-state index is 13.9. The third-order valence-corrected chi connectivity index (χ3v) is 6.87. The number of amides is 1. The van der Waals surface area contributed by atoms with Crippen molar-refractivity contribution in [3.63, 3.8) is 0 Å². The fourth-order valence-corrected chi connectivity index (χ4v) is 5.48. The van der Waals surface area contributed by atoms with E-state index < -0.39 is 5.41 Å². The summed E-state index contributed by atoms with van der Waals surface area (Å²) in [6.45, 7) is 0. The number of hydrogen-bond acceptors (Lipinski definition) is 3. The summed E-state index contributed by atoms with van der Waals surface area (Å²) in [4.78, 5) is 24.8. The maximum atomic E-state index is 13.9. The van der Waals surface area contributed by atoms with E-state index >= 15 is 0 Å². The fourth-order valence-electron chi connectivity index (χ4n) is 5.35. The van der Waals surface area contributed by atoms with E-state index in [4.69, 9.17) is 11.6 Å². The molecule has 5 heteroatoms. The van der Waals surface area contributed by atoms with Gasteiger partial charge in [-0.3, -0.25) is 4.79 Å². The molecular weight excluding hydrogens is 346 g/mol. The Morgan fingerprint density at radius 3 is 2.69 bits per heavy atom. The van der Waals surface area contributed by atoms with Crippen LogP contribution in [0.25, 0.3) is 0 Å². The molecular formula is C21H22ClN3O. The Labute approximate surface area is 158 Å². The predicted molar refractivity (Wildman–Crippen MR) is 99.9 cm³/mol. The Kier molecular flexibility index (Phi) is 3.78. The molecule has 2 aromatic rings. The Bertz CT molecular complexity index is 845. The third kappa shape index (κ3) is 2.31. The first-order valence-corrected chi connectivity index (χ1v) is 9.94. The van der Waals surface area contributed by atoms with Crippen molar-refractivity contribution < 1.29 is 4.79 Å². The van der Waals surface area contributed by atoms with Crippen LogP contribution in [0.15, 0.2) is 36.8 Å². The molecule has 2 bridgehead atoms. The van der Waals surface area contributed by atoms with Crippen LogP contribution >= 0.6 is 11.6 Å². The summed E-state index contributed by atoms with van der Waals surface area (Å²) < 4.78 is 0. The van der Waals surface area contributed by atoms with Gasteiger partial charge in [0.2, 0.25) is 5.91 Å². The van der Waals surface area contributed by atoms with Crippen LogP contribution in [-0.2, 0) is 16.6 Å². The van der Waals surface area contributed by atoms with Crippen LogP contribution in [0, 0.1) is 0 Å². The maximum Gasteiger partial charge on any atom is 0.234 e. The molecule has 4 nitrogen and oxygen atoms in total. The molecule has 134 valence electrons. The monoisotopic (exact) mass is 367 g/mol. The quantitative estimate of drug-likeness (QED) is 0.797. The van der Waals surface area contributed by atoms with Crippen LogP contribution in [0.1, 0.15) is 61.4 Å². The summed E-state index contributed by atoms with van der Waals surface area (Å²) in [6, 6.07) is 8.35. The number of carbonyl (C=O) groups is 1. The number of hydrogen-bond donors (Lipinski definition) is 0. The lowest BCUT2D eigenvalue weighted by Gasteiger charge is -2.41. The summed E-state index contributed by atoms with van der Waals surface area (Å²) in [7, 11) is 0. The highest BCUT2D eigenvalue weighted by molar-refractivity contribution is 6.30. The molecule has 3 aliphatic rings. The van der Waals surface area contributed by atoms with Crippen molar-refractivity contribution in [1.82, 2.24) is 14.9 Å². The second-order valence-electron chi connectivity index (χ2n) is 7.88. The largest absolute Gasteiger partial charge is 0.331 e. The summed E-state index contributed by atoms with van der Waals surface area (Å²) >= 11 is 6.10. The highest BCUT2D eigenvalue weighted by Crippen LogP contribution is 2.49. The number of nitrogens with zero attached hydrogens (tertiary/aromatic N) is 3. The van der Waals surface area contributed by atoms with Gasteiger partial charge in [0.05, 0.1) is 17.2 Å². The van der Waals surface area contributed by atoms with Crippen LogP contribution in [-0.4, -0.2) is 26.8 Å². The Hall–Kier alpha value is -1.94. The smallest absolute Gasteiger partial charge is 0.234 e. The Morgan fingerprint density at radius 2 is 1.92 bits per heavy atom. The van der Waals surface area contributed by atoms with E-state index in [1.807, 2.05) is 18.3 Å². The van der Waals surface area contributed by atoms with Crippen molar-refractivity contribution in [1.29, 1.82) is 0 Å². The van der Waals surface area contributed by atoms with Gasteiger partial charge in [-0.05, 0) is 43.4 Å². The molecule has 1 saturated carbocycles. The fraction of sp³-hybridized carbons (Fsp3) is 0.476. The van der Waals surface area contributed by atoms with Crippen molar-refractivity contribution in [3.05, 3.63) is 58.6 Å². The Balaban J connectivity index is 1.55. The molecule has 0 unspecified atom stereocenters. The molecule has 0 spiro atoms. The molecule has 0 N–H and O–H groups in total. The number of rotatable bonds is 2. The average Bonchev–Trinajstić information content (AvgIpc) is 3.27. The molecule has 3 heterocycles. The zero-order chi connectivity index (χ0) is 17.7. The minimum Gasteiger partial charge on any atom is -0.331 e. The number of halogens is 1. The minimum absolute atomic E-state index is 0.141. The topological polar surface area (TPSA) is 46.1 Å². The summed E-state index contributed by atoms with van der Waals surface area (Å²) in [5.74, 6) is 0.305. The zero-order valence-electron chi connectivity index (χ0n) is 14.7.